The predicted molar refractivity (Wildman–Crippen MR) is 105 cm³/mol. The summed E-state index contributed by atoms with van der Waals surface area (Å²) in [7, 11) is 4.07. The molecule has 0 unspecified atom stereocenters. The molecule has 2 aromatic carbocycles. The van der Waals surface area contributed by atoms with Crippen LogP contribution in [0.4, 0.5) is 11.4 Å². The molecule has 4 nitrogen and oxygen atoms in total. The quantitative estimate of drug-likeness (QED) is 0.778. The second-order valence-electron chi connectivity index (χ2n) is 6.97. The lowest BCUT2D eigenvalue weighted by molar-refractivity contribution is -0.882. The van der Waals surface area contributed by atoms with Crippen molar-refractivity contribution in [3.63, 3.8) is 0 Å². The number of rotatable bonds is 6. The Morgan fingerprint density at radius 1 is 1.16 bits per heavy atom. The largest absolute Gasteiger partial charge is 0.365 e. The van der Waals surface area contributed by atoms with E-state index in [1.54, 1.807) is 11.8 Å². The summed E-state index contributed by atoms with van der Waals surface area (Å²) in [6, 6.07) is 14.5. The molecule has 2 aromatic rings. The highest BCUT2D eigenvalue weighted by molar-refractivity contribution is 7.99. The Labute approximate surface area is 158 Å². The highest BCUT2D eigenvalue weighted by Gasteiger charge is 2.24. The number of primary amides is 1. The minimum absolute atomic E-state index is 0.262. The number of likely N-dealkylation sites (N-methyl/N-ethyl adjacent to an activating group) is 1. The highest BCUT2D eigenvalue weighted by atomic mass is 35.5. The van der Waals surface area contributed by atoms with Gasteiger partial charge in [0.25, 0.3) is 5.91 Å². The van der Waals surface area contributed by atoms with E-state index >= 15 is 0 Å². The van der Waals surface area contributed by atoms with Crippen LogP contribution in [0, 0.1) is 0 Å². The molecule has 0 saturated carbocycles. The number of para-hydroxylation sites is 1. The van der Waals surface area contributed by atoms with E-state index in [4.69, 9.17) is 17.3 Å². The van der Waals surface area contributed by atoms with Crippen molar-refractivity contribution in [3.8, 4) is 0 Å². The van der Waals surface area contributed by atoms with Crippen molar-refractivity contribution in [2.75, 3.05) is 38.6 Å². The Balaban J connectivity index is 1.81. The summed E-state index contributed by atoms with van der Waals surface area (Å²) >= 11 is 8.02. The van der Waals surface area contributed by atoms with E-state index < -0.39 is 0 Å². The molecule has 2 N–H and O–H groups in total. The van der Waals surface area contributed by atoms with Crippen LogP contribution in [0.5, 0.6) is 0 Å². The molecule has 6 heteroatoms. The van der Waals surface area contributed by atoms with Crippen molar-refractivity contribution in [2.24, 2.45) is 5.73 Å². The number of carbonyl (C=O) groups excluding carboxylic acids is 1. The highest BCUT2D eigenvalue weighted by Crippen LogP contribution is 2.48. The maximum Gasteiger partial charge on any atom is 0.272 e. The van der Waals surface area contributed by atoms with Crippen LogP contribution in [0.1, 0.15) is 6.42 Å². The van der Waals surface area contributed by atoms with E-state index in [1.807, 2.05) is 26.2 Å². The lowest BCUT2D eigenvalue weighted by atomic mass is 10.2. The van der Waals surface area contributed by atoms with Crippen LogP contribution in [-0.4, -0.2) is 44.1 Å². The number of amides is 1. The zero-order chi connectivity index (χ0) is 18.0. The smallest absolute Gasteiger partial charge is 0.272 e. The van der Waals surface area contributed by atoms with Crippen molar-refractivity contribution in [1.82, 2.24) is 0 Å². The molecular formula is C19H23ClN3OS+. The fraction of sp³-hybridized carbons (Fsp3) is 0.316. The molecule has 0 aromatic heterocycles. The molecule has 25 heavy (non-hydrogen) atoms. The number of nitrogens with two attached hydrogens (primary N) is 1. The Morgan fingerprint density at radius 3 is 2.64 bits per heavy atom. The van der Waals surface area contributed by atoms with E-state index in [2.05, 4.69) is 35.2 Å². The number of hydrogen-bond donors (Lipinski definition) is 1. The minimum Gasteiger partial charge on any atom is -0.365 e. The van der Waals surface area contributed by atoms with Crippen LogP contribution in [0.3, 0.4) is 0 Å². The Bertz CT molecular complexity index is 794. The molecule has 1 amide bonds. The number of carbonyl (C=O) groups is 1. The van der Waals surface area contributed by atoms with Crippen molar-refractivity contribution in [3.05, 3.63) is 47.5 Å². The molecule has 0 saturated heterocycles. The molecule has 0 fully saturated rings. The van der Waals surface area contributed by atoms with E-state index in [0.717, 1.165) is 30.2 Å². The van der Waals surface area contributed by atoms with Crippen LogP contribution in [0.25, 0.3) is 0 Å². The third kappa shape index (κ3) is 4.29. The summed E-state index contributed by atoms with van der Waals surface area (Å²) in [6.45, 7) is 2.10. The monoisotopic (exact) mass is 376 g/mol. The number of halogens is 1. The second kappa shape index (κ2) is 7.28. The maximum absolute atomic E-state index is 11.2. The summed E-state index contributed by atoms with van der Waals surface area (Å²) in [5.41, 5.74) is 7.71. The number of hydrogen-bond acceptors (Lipinski definition) is 3. The molecule has 1 heterocycles. The van der Waals surface area contributed by atoms with Crippen LogP contribution in [0.15, 0.2) is 52.3 Å². The first kappa shape index (κ1) is 18.1. The van der Waals surface area contributed by atoms with Gasteiger partial charge in [0.1, 0.15) is 0 Å². The molecule has 0 aliphatic carbocycles. The summed E-state index contributed by atoms with van der Waals surface area (Å²) in [5.74, 6) is -0.262. The van der Waals surface area contributed by atoms with Gasteiger partial charge in [-0.1, -0.05) is 35.5 Å². The Morgan fingerprint density at radius 2 is 1.88 bits per heavy atom. The second-order valence-corrected chi connectivity index (χ2v) is 8.49. The number of quaternary nitrogens is 1. The van der Waals surface area contributed by atoms with Gasteiger partial charge in [-0.05, 0) is 30.3 Å². The Hall–Kier alpha value is -1.69. The van der Waals surface area contributed by atoms with Crippen LogP contribution >= 0.6 is 23.4 Å². The van der Waals surface area contributed by atoms with Gasteiger partial charge >= 0.3 is 0 Å². The summed E-state index contributed by atoms with van der Waals surface area (Å²) in [5, 5.41) is 0.744. The third-order valence-electron chi connectivity index (χ3n) is 4.32. The molecule has 0 atom stereocenters. The van der Waals surface area contributed by atoms with Gasteiger partial charge in [0.2, 0.25) is 0 Å². The topological polar surface area (TPSA) is 46.3 Å². The first-order valence-corrected chi connectivity index (χ1v) is 9.49. The fourth-order valence-electron chi connectivity index (χ4n) is 3.20. The van der Waals surface area contributed by atoms with E-state index in [1.165, 1.54) is 15.5 Å². The fourth-order valence-corrected chi connectivity index (χ4v) is 4.44. The molecule has 3 rings (SSSR count). The number of fused-ring (bicyclic) bond motifs is 2. The van der Waals surface area contributed by atoms with Gasteiger partial charge in [0.05, 0.1) is 32.0 Å². The normalized spacial score (nSPS) is 13.3. The van der Waals surface area contributed by atoms with Crippen LogP contribution in [0.2, 0.25) is 5.02 Å². The number of anilines is 2. The first-order valence-electron chi connectivity index (χ1n) is 8.30. The molecule has 0 radical (unpaired) electrons. The molecule has 0 bridgehead atoms. The van der Waals surface area contributed by atoms with Crippen molar-refractivity contribution in [1.29, 1.82) is 0 Å². The molecule has 132 valence electrons. The van der Waals surface area contributed by atoms with Gasteiger partial charge in [0, 0.05) is 27.8 Å². The van der Waals surface area contributed by atoms with Gasteiger partial charge in [-0.3, -0.25) is 4.79 Å². The van der Waals surface area contributed by atoms with Gasteiger partial charge in [-0.25, -0.2) is 0 Å². The average molecular weight is 377 g/mol. The average Bonchev–Trinajstić information content (AvgIpc) is 2.53. The van der Waals surface area contributed by atoms with Crippen molar-refractivity contribution < 1.29 is 9.28 Å². The third-order valence-corrected chi connectivity index (χ3v) is 5.68. The van der Waals surface area contributed by atoms with Gasteiger partial charge in [-0.2, -0.15) is 0 Å². The summed E-state index contributed by atoms with van der Waals surface area (Å²) in [4.78, 5) is 16.0. The molecule has 0 spiro atoms. The minimum atomic E-state index is -0.262. The predicted octanol–water partition coefficient (Wildman–Crippen LogP) is 3.89. The maximum atomic E-state index is 11.2. The molecule has 1 aliphatic heterocycles. The van der Waals surface area contributed by atoms with Gasteiger partial charge in [-0.15, -0.1) is 0 Å². The van der Waals surface area contributed by atoms with Crippen molar-refractivity contribution in [2.45, 2.75) is 16.2 Å². The van der Waals surface area contributed by atoms with Crippen LogP contribution in [-0.2, 0) is 4.79 Å². The molecule has 1 aliphatic rings. The van der Waals surface area contributed by atoms with E-state index in [0.29, 0.717) is 11.0 Å². The molecular weight excluding hydrogens is 354 g/mol. The first-order chi connectivity index (χ1) is 11.9. The standard InChI is InChI=1S/C19H22ClN3OS/c1-23(2,13-19(21)24)11-5-10-22-15-6-3-4-7-17(15)25-18-9-8-14(20)12-16(18)22/h3-4,6-9,12H,5,10-11,13H2,1-2H3,(H-,21,24)/p+1. The van der Waals surface area contributed by atoms with E-state index in [-0.39, 0.29) is 5.91 Å². The summed E-state index contributed by atoms with van der Waals surface area (Å²) in [6.07, 6.45) is 0.950. The van der Waals surface area contributed by atoms with Gasteiger partial charge < -0.3 is 15.1 Å². The lowest BCUT2D eigenvalue weighted by Gasteiger charge is -2.34. The van der Waals surface area contributed by atoms with Crippen LogP contribution < -0.4 is 10.6 Å². The Kier molecular flexibility index (Phi) is 5.27. The zero-order valence-corrected chi connectivity index (χ0v) is 16.1. The summed E-state index contributed by atoms with van der Waals surface area (Å²) < 4.78 is 0.599. The van der Waals surface area contributed by atoms with E-state index in [9.17, 15) is 4.79 Å². The zero-order valence-electron chi connectivity index (χ0n) is 14.5. The number of benzene rings is 2. The van der Waals surface area contributed by atoms with Crippen molar-refractivity contribution >= 4 is 40.6 Å². The lowest BCUT2D eigenvalue weighted by Crippen LogP contribution is -2.47. The van der Waals surface area contributed by atoms with Gasteiger partial charge in [0.15, 0.2) is 6.54 Å². The number of nitrogens with zero attached hydrogens (tertiary/aromatic N) is 2. The SMILES string of the molecule is C[N+](C)(CCCN1c2ccccc2Sc2ccc(Cl)cc21)CC(N)=O.